The number of anilines is 2. The molecule has 1 amide bonds. The van der Waals surface area contributed by atoms with Crippen LogP contribution in [0.25, 0.3) is 11.8 Å². The Kier molecular flexibility index (Phi) is 6.19. The number of piperidine rings is 1. The van der Waals surface area contributed by atoms with Crippen molar-refractivity contribution < 1.29 is 9.18 Å². The van der Waals surface area contributed by atoms with Gasteiger partial charge in [0.1, 0.15) is 18.3 Å². The topological polar surface area (TPSA) is 88.0 Å². The van der Waals surface area contributed by atoms with Gasteiger partial charge in [0.2, 0.25) is 5.91 Å². The molecule has 1 saturated heterocycles. The molecular formula is C24H25ClFN7O. The SMILES string of the molecule is CCC1CCCN(C(=O)C=Cc2cc(Cl)ccc2-n2cnnn2)C1C1Nc2ccc(F)cc2N1. The fraction of sp³-hybridized carbons (Fsp3) is 0.333. The van der Waals surface area contributed by atoms with Crippen molar-refractivity contribution in [2.45, 2.75) is 38.4 Å². The minimum absolute atomic E-state index is 0.0790. The standard InChI is InChI=1S/C24H25ClFN7O/c1-2-15-4-3-11-32(23(15)24-28-19-8-7-18(26)13-20(19)29-24)22(34)10-5-16-12-17(25)6-9-21(16)33-14-27-30-31-33/h5-10,12-15,23-24,28-29H,2-4,11H2,1H3. The van der Waals surface area contributed by atoms with Crippen LogP contribution in [-0.4, -0.2) is 49.8 Å². The summed E-state index contributed by atoms with van der Waals surface area (Å²) in [5.74, 6) is -0.0603. The van der Waals surface area contributed by atoms with E-state index < -0.39 is 0 Å². The number of halogens is 2. The zero-order chi connectivity index (χ0) is 23.7. The molecule has 0 bridgehead atoms. The minimum Gasteiger partial charge on any atom is -0.362 e. The van der Waals surface area contributed by atoms with E-state index in [2.05, 4.69) is 33.1 Å². The molecule has 2 aliphatic heterocycles. The molecule has 34 heavy (non-hydrogen) atoms. The molecular weight excluding hydrogens is 457 g/mol. The smallest absolute Gasteiger partial charge is 0.246 e. The van der Waals surface area contributed by atoms with E-state index >= 15 is 0 Å². The second-order valence-corrected chi connectivity index (χ2v) is 9.02. The van der Waals surface area contributed by atoms with Gasteiger partial charge >= 0.3 is 0 Å². The number of tetrazole rings is 1. The van der Waals surface area contributed by atoms with Gasteiger partial charge in [-0.2, -0.15) is 4.68 Å². The lowest BCUT2D eigenvalue weighted by Crippen LogP contribution is -2.57. The average molecular weight is 482 g/mol. The number of amides is 1. The predicted molar refractivity (Wildman–Crippen MR) is 129 cm³/mol. The molecule has 2 aromatic carbocycles. The van der Waals surface area contributed by atoms with E-state index in [-0.39, 0.29) is 23.9 Å². The fourth-order valence-corrected chi connectivity index (χ4v) is 5.13. The minimum atomic E-state index is -0.292. The molecule has 3 heterocycles. The second kappa shape index (κ2) is 9.42. The Morgan fingerprint density at radius 2 is 2.09 bits per heavy atom. The van der Waals surface area contributed by atoms with Crippen molar-refractivity contribution in [3.8, 4) is 5.69 Å². The van der Waals surface area contributed by atoms with Gasteiger partial charge in [0.05, 0.1) is 23.1 Å². The third-order valence-corrected chi connectivity index (χ3v) is 6.80. The Morgan fingerprint density at radius 1 is 1.24 bits per heavy atom. The molecule has 10 heteroatoms. The summed E-state index contributed by atoms with van der Waals surface area (Å²) in [5.41, 5.74) is 3.02. The number of hydrogen-bond acceptors (Lipinski definition) is 6. The van der Waals surface area contributed by atoms with Gasteiger partial charge < -0.3 is 15.5 Å². The van der Waals surface area contributed by atoms with Gasteiger partial charge in [-0.15, -0.1) is 5.10 Å². The molecule has 2 aliphatic rings. The highest BCUT2D eigenvalue weighted by Crippen LogP contribution is 2.36. The van der Waals surface area contributed by atoms with Crippen LogP contribution < -0.4 is 10.6 Å². The Bertz CT molecular complexity index is 1220. The molecule has 0 saturated carbocycles. The van der Waals surface area contributed by atoms with Crippen molar-refractivity contribution >= 4 is 35.0 Å². The van der Waals surface area contributed by atoms with Crippen LogP contribution in [0.15, 0.2) is 48.8 Å². The quantitative estimate of drug-likeness (QED) is 0.527. The average Bonchev–Trinajstić information content (AvgIpc) is 3.52. The van der Waals surface area contributed by atoms with Crippen molar-refractivity contribution in [2.75, 3.05) is 17.2 Å². The van der Waals surface area contributed by atoms with Crippen LogP contribution in [0, 0.1) is 11.7 Å². The first-order chi connectivity index (χ1) is 16.5. The summed E-state index contributed by atoms with van der Waals surface area (Å²) in [6.45, 7) is 2.80. The van der Waals surface area contributed by atoms with E-state index in [1.807, 2.05) is 11.0 Å². The third kappa shape index (κ3) is 4.35. The van der Waals surface area contributed by atoms with E-state index in [4.69, 9.17) is 11.6 Å². The van der Waals surface area contributed by atoms with Crippen molar-refractivity contribution in [3.63, 3.8) is 0 Å². The maximum absolute atomic E-state index is 13.7. The van der Waals surface area contributed by atoms with Crippen LogP contribution >= 0.6 is 11.6 Å². The molecule has 8 nitrogen and oxygen atoms in total. The summed E-state index contributed by atoms with van der Waals surface area (Å²) in [6, 6.07) is 9.91. The van der Waals surface area contributed by atoms with E-state index in [9.17, 15) is 9.18 Å². The van der Waals surface area contributed by atoms with Crippen LogP contribution in [0.3, 0.4) is 0 Å². The molecule has 1 fully saturated rings. The van der Waals surface area contributed by atoms with Gasteiger partial charge in [-0.25, -0.2) is 4.39 Å². The van der Waals surface area contributed by atoms with E-state index in [1.54, 1.807) is 30.4 Å². The maximum atomic E-state index is 13.7. The first-order valence-corrected chi connectivity index (χ1v) is 11.8. The molecule has 0 radical (unpaired) electrons. The number of hydrogen-bond donors (Lipinski definition) is 2. The first-order valence-electron chi connectivity index (χ1n) is 11.4. The molecule has 0 spiro atoms. The Balaban J connectivity index is 1.40. The van der Waals surface area contributed by atoms with Crippen molar-refractivity contribution in [2.24, 2.45) is 5.92 Å². The van der Waals surface area contributed by atoms with Crippen molar-refractivity contribution in [1.82, 2.24) is 25.1 Å². The molecule has 2 N–H and O–H groups in total. The van der Waals surface area contributed by atoms with E-state index in [0.717, 1.165) is 41.9 Å². The van der Waals surface area contributed by atoms with Crippen LogP contribution in [0.5, 0.6) is 0 Å². The molecule has 3 unspecified atom stereocenters. The van der Waals surface area contributed by atoms with Crippen LogP contribution in [0.1, 0.15) is 31.7 Å². The van der Waals surface area contributed by atoms with E-state index in [0.29, 0.717) is 17.5 Å². The molecule has 0 aliphatic carbocycles. The predicted octanol–water partition coefficient (Wildman–Crippen LogP) is 4.35. The van der Waals surface area contributed by atoms with Crippen LogP contribution in [0.2, 0.25) is 5.02 Å². The molecule has 1 aromatic heterocycles. The molecule has 3 aromatic rings. The summed E-state index contributed by atoms with van der Waals surface area (Å²) in [4.78, 5) is 15.4. The first kappa shape index (κ1) is 22.3. The molecule has 176 valence electrons. The second-order valence-electron chi connectivity index (χ2n) is 8.58. The number of nitrogens with zero attached hydrogens (tertiary/aromatic N) is 5. The summed E-state index contributed by atoms with van der Waals surface area (Å²) in [5, 5.41) is 18.7. The number of carbonyl (C=O) groups excluding carboxylic acids is 1. The lowest BCUT2D eigenvalue weighted by atomic mass is 9.85. The lowest BCUT2D eigenvalue weighted by Gasteiger charge is -2.44. The highest BCUT2D eigenvalue weighted by Gasteiger charge is 2.40. The van der Waals surface area contributed by atoms with Gasteiger partial charge in [0.15, 0.2) is 0 Å². The zero-order valence-corrected chi connectivity index (χ0v) is 19.4. The monoisotopic (exact) mass is 481 g/mol. The normalized spacial score (nSPS) is 21.9. The van der Waals surface area contributed by atoms with E-state index in [1.165, 1.54) is 23.1 Å². The number of rotatable bonds is 5. The Labute approximate surface area is 201 Å². The summed E-state index contributed by atoms with van der Waals surface area (Å²) in [6.07, 6.45) is 7.55. The summed E-state index contributed by atoms with van der Waals surface area (Å²) < 4.78 is 15.3. The number of benzene rings is 2. The summed E-state index contributed by atoms with van der Waals surface area (Å²) >= 11 is 6.21. The van der Waals surface area contributed by atoms with Gasteiger partial charge in [-0.1, -0.05) is 24.9 Å². The molecule has 5 rings (SSSR count). The number of carbonyl (C=O) groups is 1. The largest absolute Gasteiger partial charge is 0.362 e. The van der Waals surface area contributed by atoms with Crippen molar-refractivity contribution in [3.05, 3.63) is 65.2 Å². The number of likely N-dealkylation sites (tertiary alicyclic amines) is 1. The van der Waals surface area contributed by atoms with Gasteiger partial charge in [0.25, 0.3) is 0 Å². The maximum Gasteiger partial charge on any atom is 0.246 e. The Morgan fingerprint density at radius 3 is 2.88 bits per heavy atom. The van der Waals surface area contributed by atoms with Gasteiger partial charge in [-0.05, 0) is 71.7 Å². The van der Waals surface area contributed by atoms with Crippen molar-refractivity contribution in [1.29, 1.82) is 0 Å². The number of nitrogens with one attached hydrogen (secondary N) is 2. The number of fused-ring (bicyclic) bond motifs is 1. The number of aromatic nitrogens is 4. The van der Waals surface area contributed by atoms with Crippen LogP contribution in [-0.2, 0) is 4.79 Å². The lowest BCUT2D eigenvalue weighted by molar-refractivity contribution is -0.131. The van der Waals surface area contributed by atoms with Crippen LogP contribution in [0.4, 0.5) is 15.8 Å². The highest BCUT2D eigenvalue weighted by molar-refractivity contribution is 6.30. The van der Waals surface area contributed by atoms with Gasteiger partial charge in [0, 0.05) is 23.2 Å². The zero-order valence-electron chi connectivity index (χ0n) is 18.7. The Hall–Kier alpha value is -3.46. The third-order valence-electron chi connectivity index (χ3n) is 6.56. The fourth-order valence-electron chi connectivity index (χ4n) is 4.95. The molecule has 3 atom stereocenters. The van der Waals surface area contributed by atoms with Gasteiger partial charge in [-0.3, -0.25) is 4.79 Å². The summed E-state index contributed by atoms with van der Waals surface area (Å²) in [7, 11) is 0. The highest BCUT2D eigenvalue weighted by atomic mass is 35.5.